The van der Waals surface area contributed by atoms with E-state index in [1.165, 1.54) is 12.1 Å². The molecule has 0 radical (unpaired) electrons. The van der Waals surface area contributed by atoms with Crippen LogP contribution in [-0.2, 0) is 0 Å². The smallest absolute Gasteiger partial charge is 0.338 e. The third kappa shape index (κ3) is 2.45. The van der Waals surface area contributed by atoms with Crippen molar-refractivity contribution in [3.8, 4) is 11.1 Å². The number of carboxylic acids is 1. The predicted octanol–water partition coefficient (Wildman–Crippen LogP) is 1.91. The molecule has 19 heavy (non-hydrogen) atoms. The van der Waals surface area contributed by atoms with Crippen LogP contribution < -0.4 is 10.9 Å². The fourth-order valence-corrected chi connectivity index (χ4v) is 2.08. The zero-order valence-electron chi connectivity index (χ0n) is 10.9. The van der Waals surface area contributed by atoms with Gasteiger partial charge in [0.1, 0.15) is 0 Å². The lowest BCUT2D eigenvalue weighted by Gasteiger charge is -2.19. The summed E-state index contributed by atoms with van der Waals surface area (Å²) in [4.78, 5) is 22.8. The van der Waals surface area contributed by atoms with Gasteiger partial charge >= 0.3 is 5.97 Å². The summed E-state index contributed by atoms with van der Waals surface area (Å²) in [5.74, 6) is -1.03. The van der Waals surface area contributed by atoms with Crippen molar-refractivity contribution in [3.63, 3.8) is 0 Å². The van der Waals surface area contributed by atoms with Gasteiger partial charge in [-0.15, -0.1) is 0 Å². The summed E-state index contributed by atoms with van der Waals surface area (Å²) < 4.78 is 1.71. The molecule has 5 nitrogen and oxygen atoms in total. The molecule has 2 rings (SSSR count). The lowest BCUT2D eigenvalue weighted by atomic mass is 9.98. The molecule has 0 fully saturated rings. The Morgan fingerprint density at radius 3 is 2.79 bits per heavy atom. The van der Waals surface area contributed by atoms with Crippen molar-refractivity contribution >= 4 is 5.97 Å². The first-order chi connectivity index (χ1) is 9.04. The van der Waals surface area contributed by atoms with E-state index in [1.54, 1.807) is 17.7 Å². The molecular formula is C14H16N2O3. The second-order valence-corrected chi connectivity index (χ2v) is 4.42. The Kier molecular flexibility index (Phi) is 3.55. The van der Waals surface area contributed by atoms with Crippen LogP contribution in [0.4, 0.5) is 0 Å². The van der Waals surface area contributed by atoms with Crippen molar-refractivity contribution in [2.24, 2.45) is 0 Å². The molecule has 1 heterocycles. The standard InChI is InChI=1S/C14H16N2O3/c1-3-6-15-16-8-10-4-5-11(17)7-12(10)13(9(16)2)14(18)19/h4-5,7-8,15H,3,6H2,1-2H3,(H,18,19). The summed E-state index contributed by atoms with van der Waals surface area (Å²) in [5, 5.41) is 9.36. The number of nitrogens with zero attached hydrogens (tertiary/aromatic N) is 1. The molecule has 0 saturated heterocycles. The van der Waals surface area contributed by atoms with Gasteiger partial charge in [-0.3, -0.25) is 9.47 Å². The molecule has 100 valence electrons. The van der Waals surface area contributed by atoms with Gasteiger partial charge in [-0.05, 0) is 31.5 Å². The van der Waals surface area contributed by atoms with Gasteiger partial charge in [0.05, 0.1) is 11.3 Å². The largest absolute Gasteiger partial charge is 0.478 e. The number of aromatic nitrogens is 1. The molecule has 0 aromatic heterocycles. The van der Waals surface area contributed by atoms with E-state index in [-0.39, 0.29) is 11.0 Å². The predicted molar refractivity (Wildman–Crippen MR) is 73.5 cm³/mol. The number of hydrogen-bond donors (Lipinski definition) is 2. The molecule has 0 aromatic rings. The first-order valence-corrected chi connectivity index (χ1v) is 6.17. The number of pyridine rings is 1. The molecule has 0 aromatic carbocycles. The van der Waals surface area contributed by atoms with Crippen LogP contribution in [0.5, 0.6) is 0 Å². The third-order valence-electron chi connectivity index (χ3n) is 3.03. The van der Waals surface area contributed by atoms with Crippen LogP contribution in [0.2, 0.25) is 0 Å². The first kappa shape index (κ1) is 13.1. The van der Waals surface area contributed by atoms with Gasteiger partial charge in [0.15, 0.2) is 5.43 Å². The molecule has 0 saturated carbocycles. The summed E-state index contributed by atoms with van der Waals surface area (Å²) in [6.45, 7) is 4.50. The van der Waals surface area contributed by atoms with Gasteiger partial charge in [0.25, 0.3) is 0 Å². The highest BCUT2D eigenvalue weighted by Gasteiger charge is 2.19. The fourth-order valence-electron chi connectivity index (χ4n) is 2.08. The third-order valence-corrected chi connectivity index (χ3v) is 3.03. The fraction of sp³-hybridized carbons (Fsp3) is 0.286. The summed E-state index contributed by atoms with van der Waals surface area (Å²) in [6.07, 6.45) is 2.75. The maximum Gasteiger partial charge on any atom is 0.338 e. The van der Waals surface area contributed by atoms with Gasteiger partial charge in [-0.2, -0.15) is 0 Å². The molecule has 0 unspecified atom stereocenters. The topological polar surface area (TPSA) is 71.3 Å². The summed E-state index contributed by atoms with van der Waals surface area (Å²) >= 11 is 0. The van der Waals surface area contributed by atoms with E-state index in [4.69, 9.17) is 0 Å². The molecule has 2 N–H and O–H groups in total. The number of carbonyl (C=O) groups is 1. The van der Waals surface area contributed by atoms with Crippen LogP contribution in [0, 0.1) is 6.92 Å². The van der Waals surface area contributed by atoms with E-state index in [1.807, 2.05) is 13.1 Å². The summed E-state index contributed by atoms with van der Waals surface area (Å²) in [6, 6.07) is 4.46. The van der Waals surface area contributed by atoms with E-state index >= 15 is 0 Å². The minimum absolute atomic E-state index is 0.166. The number of fused-ring (bicyclic) bond motifs is 1. The monoisotopic (exact) mass is 260 g/mol. The Morgan fingerprint density at radius 2 is 2.16 bits per heavy atom. The van der Waals surface area contributed by atoms with Crippen LogP contribution in [0.25, 0.3) is 11.1 Å². The van der Waals surface area contributed by atoms with E-state index in [0.717, 1.165) is 18.5 Å². The van der Waals surface area contributed by atoms with Gasteiger partial charge in [0, 0.05) is 23.9 Å². The average Bonchev–Trinajstić information content (AvgIpc) is 2.36. The maximum absolute atomic E-state index is 11.4. The number of nitrogens with one attached hydrogen (secondary N) is 1. The second kappa shape index (κ2) is 5.14. The molecule has 0 amide bonds. The van der Waals surface area contributed by atoms with Crippen molar-refractivity contribution in [3.05, 3.63) is 45.9 Å². The van der Waals surface area contributed by atoms with Crippen LogP contribution >= 0.6 is 0 Å². The van der Waals surface area contributed by atoms with Crippen molar-refractivity contribution in [1.29, 1.82) is 0 Å². The van der Waals surface area contributed by atoms with Gasteiger partial charge in [-0.25, -0.2) is 4.79 Å². The lowest BCUT2D eigenvalue weighted by Crippen LogP contribution is -2.22. The van der Waals surface area contributed by atoms with Crippen molar-refractivity contribution in [2.45, 2.75) is 20.3 Å². The Hall–Kier alpha value is -2.30. The highest BCUT2D eigenvalue weighted by Crippen LogP contribution is 2.26. The quantitative estimate of drug-likeness (QED) is 0.881. The zero-order valence-corrected chi connectivity index (χ0v) is 10.9. The SMILES string of the molecule is CCCNn1cc2ccc(=O)cc-2c(C(=O)O)c1C. The van der Waals surface area contributed by atoms with Gasteiger partial charge in [0.2, 0.25) is 0 Å². The molecule has 0 atom stereocenters. The van der Waals surface area contributed by atoms with Crippen LogP contribution in [0.1, 0.15) is 29.4 Å². The molecule has 0 bridgehead atoms. The maximum atomic E-state index is 11.4. The summed E-state index contributed by atoms with van der Waals surface area (Å²) in [5.41, 5.74) is 4.91. The van der Waals surface area contributed by atoms with E-state index in [9.17, 15) is 14.7 Å². The number of aromatic carboxylic acids is 1. The number of hydrogen-bond acceptors (Lipinski definition) is 3. The van der Waals surface area contributed by atoms with Crippen LogP contribution in [-0.4, -0.2) is 22.3 Å². The van der Waals surface area contributed by atoms with Gasteiger partial charge < -0.3 is 10.5 Å². The van der Waals surface area contributed by atoms with Gasteiger partial charge in [-0.1, -0.05) is 6.92 Å². The number of benzene rings is 1. The molecule has 1 aliphatic carbocycles. The molecule has 2 aliphatic rings. The summed E-state index contributed by atoms with van der Waals surface area (Å²) in [7, 11) is 0. The molecule has 5 heteroatoms. The molecule has 1 aliphatic heterocycles. The zero-order chi connectivity index (χ0) is 14.0. The Bertz CT molecular complexity index is 646. The van der Waals surface area contributed by atoms with Crippen LogP contribution in [0.15, 0.2) is 29.2 Å². The first-order valence-electron chi connectivity index (χ1n) is 6.17. The normalized spacial score (nSPS) is 10.6. The highest BCUT2D eigenvalue weighted by molar-refractivity contribution is 5.97. The average molecular weight is 260 g/mol. The minimum atomic E-state index is -1.03. The Balaban J connectivity index is 2.71. The molecule has 0 spiro atoms. The molecular weight excluding hydrogens is 244 g/mol. The second-order valence-electron chi connectivity index (χ2n) is 4.42. The highest BCUT2D eigenvalue weighted by atomic mass is 16.4. The number of rotatable bonds is 4. The van der Waals surface area contributed by atoms with Crippen molar-refractivity contribution < 1.29 is 9.90 Å². The van der Waals surface area contributed by atoms with E-state index < -0.39 is 5.97 Å². The van der Waals surface area contributed by atoms with Crippen molar-refractivity contribution in [1.82, 2.24) is 4.68 Å². The van der Waals surface area contributed by atoms with Crippen LogP contribution in [0.3, 0.4) is 0 Å². The minimum Gasteiger partial charge on any atom is -0.478 e. The lowest BCUT2D eigenvalue weighted by molar-refractivity contribution is 0.0696. The Labute approximate surface area is 110 Å². The van der Waals surface area contributed by atoms with Crippen molar-refractivity contribution in [2.75, 3.05) is 12.0 Å². The Morgan fingerprint density at radius 1 is 1.42 bits per heavy atom. The van der Waals surface area contributed by atoms with E-state index in [2.05, 4.69) is 5.43 Å². The van der Waals surface area contributed by atoms with E-state index in [0.29, 0.717) is 11.3 Å². The number of carboxylic acid groups (broad SMARTS) is 1.